The van der Waals surface area contributed by atoms with Crippen molar-refractivity contribution >= 4 is 11.9 Å². The van der Waals surface area contributed by atoms with Gasteiger partial charge in [-0.05, 0) is 12.0 Å². The molecule has 0 bridgehead atoms. The third-order valence-corrected chi connectivity index (χ3v) is 3.37. The molecule has 0 saturated heterocycles. The van der Waals surface area contributed by atoms with Crippen molar-refractivity contribution in [2.45, 2.75) is 32.9 Å². The first-order chi connectivity index (χ1) is 10.4. The van der Waals surface area contributed by atoms with Crippen LogP contribution in [0.3, 0.4) is 0 Å². The number of aromatic nitrogens is 2. The highest BCUT2D eigenvalue weighted by Crippen LogP contribution is 2.08. The van der Waals surface area contributed by atoms with E-state index in [1.807, 2.05) is 6.92 Å². The van der Waals surface area contributed by atoms with Crippen LogP contribution in [0.2, 0.25) is 0 Å². The van der Waals surface area contributed by atoms with E-state index in [0.29, 0.717) is 6.42 Å². The summed E-state index contributed by atoms with van der Waals surface area (Å²) in [4.78, 5) is 35.0. The van der Waals surface area contributed by atoms with Gasteiger partial charge in [0.05, 0.1) is 13.2 Å². The van der Waals surface area contributed by atoms with Gasteiger partial charge in [-0.1, -0.05) is 20.3 Å². The van der Waals surface area contributed by atoms with Crippen LogP contribution in [-0.4, -0.2) is 46.5 Å². The normalized spacial score (nSPS) is 13.4. The molecule has 1 amide bonds. The Bertz CT molecular complexity index is 584. The summed E-state index contributed by atoms with van der Waals surface area (Å²) in [6.45, 7) is 4.08. The van der Waals surface area contributed by atoms with Gasteiger partial charge < -0.3 is 15.2 Å². The lowest BCUT2D eigenvalue weighted by Crippen LogP contribution is -2.45. The molecule has 0 unspecified atom stereocenters. The smallest absolute Gasteiger partial charge is 0.326 e. The maximum absolute atomic E-state index is 12.1. The molecule has 0 spiro atoms. The predicted molar refractivity (Wildman–Crippen MR) is 78.7 cm³/mol. The number of hydrogen-bond donors (Lipinski definition) is 2. The molecule has 1 aromatic rings. The van der Waals surface area contributed by atoms with Gasteiger partial charge in [0.2, 0.25) is 0 Å². The van der Waals surface area contributed by atoms with Crippen LogP contribution in [0.25, 0.3) is 0 Å². The summed E-state index contributed by atoms with van der Waals surface area (Å²) in [5.41, 5.74) is -0.365. The van der Waals surface area contributed by atoms with Crippen molar-refractivity contribution in [3.05, 3.63) is 28.2 Å². The molecule has 0 aliphatic rings. The number of rotatable bonds is 8. The van der Waals surface area contributed by atoms with E-state index < -0.39 is 17.9 Å². The van der Waals surface area contributed by atoms with E-state index in [1.54, 1.807) is 6.92 Å². The lowest BCUT2D eigenvalue weighted by Gasteiger charge is -2.19. The van der Waals surface area contributed by atoms with Crippen molar-refractivity contribution in [2.24, 2.45) is 5.92 Å². The van der Waals surface area contributed by atoms with Crippen molar-refractivity contribution < 1.29 is 19.4 Å². The minimum Gasteiger partial charge on any atom is -0.480 e. The second kappa shape index (κ2) is 8.28. The van der Waals surface area contributed by atoms with E-state index in [1.165, 1.54) is 19.2 Å². The number of aliphatic carboxylic acids is 1. The summed E-state index contributed by atoms with van der Waals surface area (Å²) in [6, 6.07) is 1.49. The Morgan fingerprint density at radius 1 is 1.45 bits per heavy atom. The molecule has 1 heterocycles. The molecule has 22 heavy (non-hydrogen) atoms. The van der Waals surface area contributed by atoms with Gasteiger partial charge in [0.15, 0.2) is 0 Å². The quantitative estimate of drug-likeness (QED) is 0.705. The summed E-state index contributed by atoms with van der Waals surface area (Å²) >= 11 is 0. The fourth-order valence-electron chi connectivity index (χ4n) is 1.81. The highest BCUT2D eigenvalue weighted by atomic mass is 16.5. The summed E-state index contributed by atoms with van der Waals surface area (Å²) in [5.74, 6) is -1.95. The maximum Gasteiger partial charge on any atom is 0.326 e. The third kappa shape index (κ3) is 4.66. The molecule has 1 aromatic heterocycles. The number of nitrogens with zero attached hydrogens (tertiary/aromatic N) is 2. The van der Waals surface area contributed by atoms with Crippen LogP contribution in [0, 0.1) is 5.92 Å². The summed E-state index contributed by atoms with van der Waals surface area (Å²) in [5, 5.41) is 15.5. The molecule has 0 aromatic carbocycles. The second-order valence-electron chi connectivity index (χ2n) is 4.95. The Morgan fingerprint density at radius 3 is 2.68 bits per heavy atom. The van der Waals surface area contributed by atoms with Crippen molar-refractivity contribution in [3.63, 3.8) is 0 Å². The van der Waals surface area contributed by atoms with Gasteiger partial charge in [0, 0.05) is 13.2 Å². The molecule has 8 nitrogen and oxygen atoms in total. The number of amides is 1. The Labute approximate surface area is 128 Å². The molecular weight excluding hydrogens is 290 g/mol. The topological polar surface area (TPSA) is 111 Å². The molecule has 2 atom stereocenters. The zero-order valence-corrected chi connectivity index (χ0v) is 12.9. The highest BCUT2D eigenvalue weighted by Gasteiger charge is 2.26. The van der Waals surface area contributed by atoms with E-state index in [-0.39, 0.29) is 30.3 Å². The maximum atomic E-state index is 12.1. The molecule has 0 radical (unpaired) electrons. The predicted octanol–water partition coefficient (Wildman–Crippen LogP) is 0.119. The van der Waals surface area contributed by atoms with Gasteiger partial charge in [-0.25, -0.2) is 9.48 Å². The van der Waals surface area contributed by atoms with Crippen LogP contribution in [0.5, 0.6) is 0 Å². The SMILES string of the molecule is CC[C@H](C)[C@H](NC(=O)c1ccc(=O)n(CCOC)n1)C(=O)O. The zero-order valence-electron chi connectivity index (χ0n) is 12.9. The molecule has 8 heteroatoms. The van der Waals surface area contributed by atoms with Crippen LogP contribution in [-0.2, 0) is 16.1 Å². The fourth-order valence-corrected chi connectivity index (χ4v) is 1.81. The van der Waals surface area contributed by atoms with Crippen molar-refractivity contribution in [1.82, 2.24) is 15.1 Å². The van der Waals surface area contributed by atoms with E-state index in [0.717, 1.165) is 4.68 Å². The number of carbonyl (C=O) groups excluding carboxylic acids is 1. The lowest BCUT2D eigenvalue weighted by atomic mass is 9.99. The van der Waals surface area contributed by atoms with Gasteiger partial charge in [-0.3, -0.25) is 9.59 Å². The number of carbonyl (C=O) groups is 2. The standard InChI is InChI=1S/C14H21N3O5/c1-4-9(2)12(14(20)21)15-13(19)10-5-6-11(18)17(16-10)7-8-22-3/h5-6,9,12H,4,7-8H2,1-3H3,(H,15,19)(H,20,21)/t9-,12-/m0/s1. The summed E-state index contributed by atoms with van der Waals surface area (Å²) in [6.07, 6.45) is 0.609. The highest BCUT2D eigenvalue weighted by molar-refractivity contribution is 5.94. The molecular formula is C14H21N3O5. The average molecular weight is 311 g/mol. The Morgan fingerprint density at radius 2 is 2.14 bits per heavy atom. The largest absolute Gasteiger partial charge is 0.480 e. The van der Waals surface area contributed by atoms with Crippen LogP contribution < -0.4 is 10.9 Å². The lowest BCUT2D eigenvalue weighted by molar-refractivity contribution is -0.140. The van der Waals surface area contributed by atoms with Crippen molar-refractivity contribution in [1.29, 1.82) is 0 Å². The zero-order chi connectivity index (χ0) is 16.7. The van der Waals surface area contributed by atoms with Crippen molar-refractivity contribution in [3.8, 4) is 0 Å². The van der Waals surface area contributed by atoms with Gasteiger partial charge in [0.1, 0.15) is 11.7 Å². The second-order valence-corrected chi connectivity index (χ2v) is 4.95. The Hall–Kier alpha value is -2.22. The minimum absolute atomic E-state index is 0.00902. The first kappa shape index (κ1) is 17.8. The Balaban J connectivity index is 2.92. The van der Waals surface area contributed by atoms with Gasteiger partial charge in [-0.15, -0.1) is 0 Å². The van der Waals surface area contributed by atoms with Crippen LogP contribution in [0.1, 0.15) is 30.8 Å². The molecule has 2 N–H and O–H groups in total. The number of hydrogen-bond acceptors (Lipinski definition) is 5. The molecule has 1 rings (SSSR count). The average Bonchev–Trinajstić information content (AvgIpc) is 2.50. The van der Waals surface area contributed by atoms with Crippen LogP contribution >= 0.6 is 0 Å². The minimum atomic E-state index is -1.10. The summed E-state index contributed by atoms with van der Waals surface area (Å²) in [7, 11) is 1.49. The van der Waals surface area contributed by atoms with E-state index in [4.69, 9.17) is 4.74 Å². The molecule has 0 aliphatic carbocycles. The van der Waals surface area contributed by atoms with Crippen LogP contribution in [0.15, 0.2) is 16.9 Å². The first-order valence-corrected chi connectivity index (χ1v) is 7.01. The third-order valence-electron chi connectivity index (χ3n) is 3.37. The van der Waals surface area contributed by atoms with Crippen LogP contribution in [0.4, 0.5) is 0 Å². The molecule has 0 fully saturated rings. The number of ether oxygens (including phenoxy) is 1. The molecule has 0 aliphatic heterocycles. The molecule has 0 saturated carbocycles. The van der Waals surface area contributed by atoms with Crippen molar-refractivity contribution in [2.75, 3.05) is 13.7 Å². The van der Waals surface area contributed by atoms with E-state index in [9.17, 15) is 19.5 Å². The monoisotopic (exact) mass is 311 g/mol. The Kier molecular flexibility index (Phi) is 6.71. The number of carboxylic acids is 1. The van der Waals surface area contributed by atoms with E-state index in [2.05, 4.69) is 10.4 Å². The van der Waals surface area contributed by atoms with Gasteiger partial charge >= 0.3 is 5.97 Å². The number of methoxy groups -OCH3 is 1. The number of carboxylic acid groups (broad SMARTS) is 1. The molecule has 122 valence electrons. The van der Waals surface area contributed by atoms with Gasteiger partial charge in [0.25, 0.3) is 11.5 Å². The first-order valence-electron chi connectivity index (χ1n) is 7.01. The fraction of sp³-hybridized carbons (Fsp3) is 0.571. The number of nitrogens with one attached hydrogen (secondary N) is 1. The van der Waals surface area contributed by atoms with E-state index >= 15 is 0 Å². The summed E-state index contributed by atoms with van der Waals surface area (Å²) < 4.78 is 5.97. The van der Waals surface area contributed by atoms with Gasteiger partial charge in [-0.2, -0.15) is 5.10 Å².